The van der Waals surface area contributed by atoms with Crippen LogP contribution in [0.3, 0.4) is 0 Å². The third-order valence-electron chi connectivity index (χ3n) is 5.93. The second kappa shape index (κ2) is 9.67. The molecule has 2 fully saturated rings. The summed E-state index contributed by atoms with van der Waals surface area (Å²) >= 11 is 0. The molecule has 1 aromatic rings. The van der Waals surface area contributed by atoms with Gasteiger partial charge in [-0.2, -0.15) is 0 Å². The first-order valence-corrected chi connectivity index (χ1v) is 10.3. The summed E-state index contributed by atoms with van der Waals surface area (Å²) in [5, 5.41) is 6.47. The number of likely N-dealkylation sites (N-methyl/N-ethyl adjacent to an activating group) is 1. The summed E-state index contributed by atoms with van der Waals surface area (Å²) in [6, 6.07) is 6.48. The van der Waals surface area contributed by atoms with Crippen molar-refractivity contribution in [3.63, 3.8) is 0 Å². The topological polar surface area (TPSA) is 79.9 Å². The number of benzene rings is 1. The SMILES string of the molecule is CCN(CC(=O)Nc1ccc2c(c1)OCCO2)C(=O)CC1CC2CCC(C1)N2.Cl. The normalized spacial score (nSPS) is 24.4. The molecule has 2 amide bonds. The van der Waals surface area contributed by atoms with E-state index in [1.54, 1.807) is 23.1 Å². The summed E-state index contributed by atoms with van der Waals surface area (Å²) in [6.07, 6.45) is 5.14. The maximum Gasteiger partial charge on any atom is 0.243 e. The highest BCUT2D eigenvalue weighted by atomic mass is 35.5. The number of amides is 2. The van der Waals surface area contributed by atoms with Gasteiger partial charge in [0, 0.05) is 36.8 Å². The van der Waals surface area contributed by atoms with Crippen LogP contribution in [-0.2, 0) is 9.59 Å². The Hall–Kier alpha value is -1.99. The average Bonchev–Trinajstić information content (AvgIpc) is 3.04. The van der Waals surface area contributed by atoms with E-state index < -0.39 is 0 Å². The molecular weight excluding hydrogens is 394 g/mol. The molecule has 0 saturated carbocycles. The van der Waals surface area contributed by atoms with Gasteiger partial charge in [-0.1, -0.05) is 0 Å². The molecule has 0 aromatic heterocycles. The largest absolute Gasteiger partial charge is 0.486 e. The average molecular weight is 424 g/mol. The Morgan fingerprint density at radius 3 is 2.52 bits per heavy atom. The van der Waals surface area contributed by atoms with Gasteiger partial charge in [-0.3, -0.25) is 9.59 Å². The Kier molecular flexibility index (Phi) is 7.24. The summed E-state index contributed by atoms with van der Waals surface area (Å²) < 4.78 is 11.0. The number of carbonyl (C=O) groups is 2. The van der Waals surface area contributed by atoms with Crippen LogP contribution in [0, 0.1) is 5.92 Å². The first-order chi connectivity index (χ1) is 13.6. The minimum Gasteiger partial charge on any atom is -0.486 e. The highest BCUT2D eigenvalue weighted by Gasteiger charge is 2.34. The van der Waals surface area contributed by atoms with E-state index in [2.05, 4.69) is 10.6 Å². The molecule has 3 aliphatic heterocycles. The number of rotatable bonds is 6. The fourth-order valence-corrected chi connectivity index (χ4v) is 4.59. The summed E-state index contributed by atoms with van der Waals surface area (Å²) in [4.78, 5) is 26.9. The van der Waals surface area contributed by atoms with E-state index in [4.69, 9.17) is 9.47 Å². The van der Waals surface area contributed by atoms with E-state index in [0.717, 1.165) is 12.8 Å². The van der Waals surface area contributed by atoms with E-state index in [9.17, 15) is 9.59 Å². The predicted octanol–water partition coefficient (Wildman–Crippen LogP) is 2.59. The highest BCUT2D eigenvalue weighted by Crippen LogP contribution is 2.33. The molecule has 3 aliphatic rings. The van der Waals surface area contributed by atoms with Crippen molar-refractivity contribution in [3.05, 3.63) is 18.2 Å². The van der Waals surface area contributed by atoms with E-state index in [1.165, 1.54) is 12.8 Å². The number of anilines is 1. The van der Waals surface area contributed by atoms with Crippen LogP contribution in [0.15, 0.2) is 18.2 Å². The molecule has 2 atom stereocenters. The van der Waals surface area contributed by atoms with E-state index >= 15 is 0 Å². The van der Waals surface area contributed by atoms with Crippen molar-refractivity contribution in [3.8, 4) is 11.5 Å². The third-order valence-corrected chi connectivity index (χ3v) is 5.93. The fourth-order valence-electron chi connectivity index (χ4n) is 4.59. The lowest BCUT2D eigenvalue weighted by Gasteiger charge is -2.30. The van der Waals surface area contributed by atoms with Crippen molar-refractivity contribution in [2.24, 2.45) is 5.92 Å². The Morgan fingerprint density at radius 1 is 1.14 bits per heavy atom. The monoisotopic (exact) mass is 423 g/mol. The lowest BCUT2D eigenvalue weighted by atomic mass is 9.89. The molecule has 2 saturated heterocycles. The van der Waals surface area contributed by atoms with Crippen molar-refractivity contribution >= 4 is 29.9 Å². The number of nitrogens with one attached hydrogen (secondary N) is 2. The highest BCUT2D eigenvalue weighted by molar-refractivity contribution is 5.94. The molecule has 3 heterocycles. The molecule has 7 nitrogen and oxygen atoms in total. The first kappa shape index (κ1) is 21.7. The zero-order valence-corrected chi connectivity index (χ0v) is 17.6. The molecule has 2 N–H and O–H groups in total. The smallest absolute Gasteiger partial charge is 0.243 e. The standard InChI is InChI=1S/C21H29N3O4.ClH/c1-2-24(21(26)11-14-9-15-3-4-16(10-14)22-15)13-20(25)23-17-5-6-18-19(12-17)28-8-7-27-18;/h5-6,12,14-16,22H,2-4,7-11,13H2,1H3,(H,23,25);1H. The second-order valence-corrected chi connectivity index (χ2v) is 7.99. The number of nitrogens with zero attached hydrogens (tertiary/aromatic N) is 1. The van der Waals surface area contributed by atoms with Crippen LogP contribution < -0.4 is 20.1 Å². The molecule has 4 rings (SSSR count). The van der Waals surface area contributed by atoms with Gasteiger partial charge in [0.05, 0.1) is 6.54 Å². The van der Waals surface area contributed by atoms with Crippen LogP contribution in [0.4, 0.5) is 5.69 Å². The zero-order valence-electron chi connectivity index (χ0n) is 16.8. The molecule has 8 heteroatoms. The number of halogens is 1. The van der Waals surface area contributed by atoms with Crippen LogP contribution in [0.5, 0.6) is 11.5 Å². The molecular formula is C21H30ClN3O4. The van der Waals surface area contributed by atoms with Crippen LogP contribution in [0.25, 0.3) is 0 Å². The number of fused-ring (bicyclic) bond motifs is 3. The van der Waals surface area contributed by atoms with Crippen molar-refractivity contribution in [1.82, 2.24) is 10.2 Å². The van der Waals surface area contributed by atoms with Crippen LogP contribution in [0.1, 0.15) is 39.0 Å². The Balaban J connectivity index is 0.00000240. The second-order valence-electron chi connectivity index (χ2n) is 7.99. The Labute approximate surface area is 177 Å². The summed E-state index contributed by atoms with van der Waals surface area (Å²) in [6.45, 7) is 3.56. The molecule has 2 unspecified atom stereocenters. The molecule has 160 valence electrons. The quantitative estimate of drug-likeness (QED) is 0.735. The van der Waals surface area contributed by atoms with Crippen LogP contribution >= 0.6 is 12.4 Å². The van der Waals surface area contributed by atoms with E-state index in [-0.39, 0.29) is 30.8 Å². The number of carbonyl (C=O) groups excluding carboxylic acids is 2. The molecule has 2 bridgehead atoms. The van der Waals surface area contributed by atoms with Crippen LogP contribution in [-0.4, -0.2) is 55.1 Å². The maximum absolute atomic E-state index is 12.7. The van der Waals surface area contributed by atoms with Gasteiger partial charge in [0.15, 0.2) is 11.5 Å². The number of ether oxygens (including phenoxy) is 2. The van der Waals surface area contributed by atoms with Gasteiger partial charge < -0.3 is 25.0 Å². The number of hydrogen-bond acceptors (Lipinski definition) is 5. The molecule has 0 radical (unpaired) electrons. The van der Waals surface area contributed by atoms with Crippen molar-refractivity contribution < 1.29 is 19.1 Å². The first-order valence-electron chi connectivity index (χ1n) is 10.3. The van der Waals surface area contributed by atoms with Gasteiger partial charge in [0.1, 0.15) is 13.2 Å². The van der Waals surface area contributed by atoms with Gasteiger partial charge in [0.25, 0.3) is 0 Å². The zero-order chi connectivity index (χ0) is 19.5. The van der Waals surface area contributed by atoms with Crippen molar-refractivity contribution in [1.29, 1.82) is 0 Å². The summed E-state index contributed by atoms with van der Waals surface area (Å²) in [5.74, 6) is 1.63. The van der Waals surface area contributed by atoms with E-state index in [1.807, 2.05) is 6.92 Å². The maximum atomic E-state index is 12.7. The van der Waals surface area contributed by atoms with Crippen LogP contribution in [0.2, 0.25) is 0 Å². The summed E-state index contributed by atoms with van der Waals surface area (Å²) in [5.41, 5.74) is 0.646. The van der Waals surface area contributed by atoms with Gasteiger partial charge in [-0.25, -0.2) is 0 Å². The lowest BCUT2D eigenvalue weighted by Crippen LogP contribution is -2.42. The fraction of sp³-hybridized carbons (Fsp3) is 0.619. The minimum atomic E-state index is -0.197. The predicted molar refractivity (Wildman–Crippen MR) is 113 cm³/mol. The van der Waals surface area contributed by atoms with E-state index in [0.29, 0.717) is 61.4 Å². The Bertz CT molecular complexity index is 733. The summed E-state index contributed by atoms with van der Waals surface area (Å²) in [7, 11) is 0. The van der Waals surface area contributed by atoms with Crippen molar-refractivity contribution in [2.75, 3.05) is 31.6 Å². The molecule has 1 aromatic carbocycles. The van der Waals surface area contributed by atoms with Gasteiger partial charge in [-0.15, -0.1) is 12.4 Å². The number of hydrogen-bond donors (Lipinski definition) is 2. The van der Waals surface area contributed by atoms with Gasteiger partial charge >= 0.3 is 0 Å². The Morgan fingerprint density at radius 2 is 1.83 bits per heavy atom. The van der Waals surface area contributed by atoms with Crippen molar-refractivity contribution in [2.45, 2.75) is 51.1 Å². The lowest BCUT2D eigenvalue weighted by molar-refractivity contribution is -0.135. The third kappa shape index (κ3) is 5.34. The van der Waals surface area contributed by atoms with Gasteiger partial charge in [0.2, 0.25) is 11.8 Å². The van der Waals surface area contributed by atoms with Gasteiger partial charge in [-0.05, 0) is 50.7 Å². The number of piperidine rings is 1. The molecule has 0 spiro atoms. The minimum absolute atomic E-state index is 0. The molecule has 29 heavy (non-hydrogen) atoms. The molecule has 0 aliphatic carbocycles.